The van der Waals surface area contributed by atoms with Gasteiger partial charge in [-0.05, 0) is 57.0 Å². The second kappa shape index (κ2) is 5.60. The minimum Gasteiger partial charge on any atom is -0.355 e. The predicted molar refractivity (Wildman–Crippen MR) is 72.2 cm³/mol. The van der Waals surface area contributed by atoms with Crippen molar-refractivity contribution in [2.24, 2.45) is 17.8 Å². The summed E-state index contributed by atoms with van der Waals surface area (Å²) in [6.07, 6.45) is 9.17. The van der Waals surface area contributed by atoms with Crippen LogP contribution < -0.4 is 5.32 Å². The van der Waals surface area contributed by atoms with E-state index in [1.807, 2.05) is 0 Å². The summed E-state index contributed by atoms with van der Waals surface area (Å²) in [5.74, 6) is 2.49. The third-order valence-electron chi connectivity index (χ3n) is 5.04. The Kier molecular flexibility index (Phi) is 3.88. The van der Waals surface area contributed by atoms with Gasteiger partial charge in [-0.25, -0.2) is 0 Å². The summed E-state index contributed by atoms with van der Waals surface area (Å²) in [4.78, 5) is 14.5. The Bertz CT molecular complexity index is 287. The van der Waals surface area contributed by atoms with E-state index in [1.54, 1.807) is 0 Å². The van der Waals surface area contributed by atoms with Gasteiger partial charge < -0.3 is 10.2 Å². The van der Waals surface area contributed by atoms with Gasteiger partial charge in [-0.3, -0.25) is 4.79 Å². The molecule has 1 saturated heterocycles. The lowest BCUT2D eigenvalue weighted by atomic mass is 10.0. The monoisotopic (exact) mass is 250 g/mol. The molecule has 2 atom stereocenters. The van der Waals surface area contributed by atoms with Gasteiger partial charge in [0, 0.05) is 19.0 Å². The van der Waals surface area contributed by atoms with E-state index in [0.29, 0.717) is 11.8 Å². The van der Waals surface area contributed by atoms with E-state index in [2.05, 4.69) is 10.2 Å². The molecule has 3 fully saturated rings. The number of carbonyl (C=O) groups is 1. The molecule has 18 heavy (non-hydrogen) atoms. The van der Waals surface area contributed by atoms with Crippen molar-refractivity contribution in [1.29, 1.82) is 0 Å². The van der Waals surface area contributed by atoms with E-state index in [9.17, 15) is 4.79 Å². The summed E-state index contributed by atoms with van der Waals surface area (Å²) >= 11 is 0. The van der Waals surface area contributed by atoms with Gasteiger partial charge in [-0.2, -0.15) is 0 Å². The molecule has 3 nitrogen and oxygen atoms in total. The third kappa shape index (κ3) is 3.05. The molecule has 1 aliphatic heterocycles. The summed E-state index contributed by atoms with van der Waals surface area (Å²) in [6, 6.07) is 0. The maximum Gasteiger partial charge on any atom is 0.223 e. The average Bonchev–Trinajstić information content (AvgIpc) is 3.07. The standard InChI is InChI=1S/C15H26N2O/c18-15(14-10-12-9-13(12)11-14)16-5-8-17-6-3-1-2-4-7-17/h12-14H,1-11H2,(H,16,18). The molecule has 0 radical (unpaired) electrons. The molecule has 0 bridgehead atoms. The molecule has 0 aromatic heterocycles. The molecule has 0 spiro atoms. The highest BCUT2D eigenvalue weighted by atomic mass is 16.1. The van der Waals surface area contributed by atoms with Crippen LogP contribution in [0.1, 0.15) is 44.9 Å². The molecule has 0 aromatic rings. The minimum atomic E-state index is 0.331. The first-order chi connectivity index (χ1) is 8.83. The topological polar surface area (TPSA) is 32.3 Å². The van der Waals surface area contributed by atoms with Crippen LogP contribution in [0.4, 0.5) is 0 Å². The Morgan fingerprint density at radius 1 is 1.00 bits per heavy atom. The molecule has 1 amide bonds. The van der Waals surface area contributed by atoms with Crippen LogP contribution >= 0.6 is 0 Å². The second-order valence-corrected chi connectivity index (χ2v) is 6.47. The highest BCUT2D eigenvalue weighted by molar-refractivity contribution is 5.79. The van der Waals surface area contributed by atoms with Crippen LogP contribution in [0.2, 0.25) is 0 Å². The summed E-state index contributed by atoms with van der Waals surface area (Å²) in [7, 11) is 0. The quantitative estimate of drug-likeness (QED) is 0.828. The van der Waals surface area contributed by atoms with Crippen LogP contribution in [0.3, 0.4) is 0 Å². The molecule has 102 valence electrons. The van der Waals surface area contributed by atoms with E-state index in [4.69, 9.17) is 0 Å². The van der Waals surface area contributed by atoms with Gasteiger partial charge in [-0.1, -0.05) is 12.8 Å². The first-order valence-corrected chi connectivity index (χ1v) is 7.83. The Morgan fingerprint density at radius 3 is 2.33 bits per heavy atom. The summed E-state index contributed by atoms with van der Waals surface area (Å²) in [5.41, 5.74) is 0. The largest absolute Gasteiger partial charge is 0.355 e. The van der Waals surface area contributed by atoms with Crippen molar-refractivity contribution >= 4 is 5.91 Å². The highest BCUT2D eigenvalue weighted by Crippen LogP contribution is 2.54. The van der Waals surface area contributed by atoms with E-state index in [1.165, 1.54) is 58.0 Å². The summed E-state index contributed by atoms with van der Waals surface area (Å²) in [5, 5.41) is 3.15. The van der Waals surface area contributed by atoms with Gasteiger partial charge in [-0.15, -0.1) is 0 Å². The number of rotatable bonds is 4. The number of hydrogen-bond donors (Lipinski definition) is 1. The molecule has 3 rings (SSSR count). The lowest BCUT2D eigenvalue weighted by Crippen LogP contribution is -2.37. The molecule has 1 N–H and O–H groups in total. The molecular formula is C15H26N2O. The predicted octanol–water partition coefficient (Wildman–Crippen LogP) is 2.02. The first kappa shape index (κ1) is 12.5. The number of nitrogens with one attached hydrogen (secondary N) is 1. The van der Waals surface area contributed by atoms with Crippen LogP contribution in [0.25, 0.3) is 0 Å². The van der Waals surface area contributed by atoms with Crippen molar-refractivity contribution in [2.45, 2.75) is 44.9 Å². The van der Waals surface area contributed by atoms with E-state index in [-0.39, 0.29) is 0 Å². The van der Waals surface area contributed by atoms with Crippen molar-refractivity contribution in [3.05, 3.63) is 0 Å². The van der Waals surface area contributed by atoms with E-state index < -0.39 is 0 Å². The maximum atomic E-state index is 12.0. The summed E-state index contributed by atoms with van der Waals surface area (Å²) < 4.78 is 0. The Hall–Kier alpha value is -0.570. The minimum absolute atomic E-state index is 0.331. The van der Waals surface area contributed by atoms with Gasteiger partial charge in [0.2, 0.25) is 5.91 Å². The molecular weight excluding hydrogens is 224 g/mol. The fraction of sp³-hybridized carbons (Fsp3) is 0.933. The number of hydrogen-bond acceptors (Lipinski definition) is 2. The smallest absolute Gasteiger partial charge is 0.223 e. The zero-order valence-corrected chi connectivity index (χ0v) is 11.4. The SMILES string of the molecule is O=C(NCCN1CCCCCC1)C1CC2CC2C1. The number of nitrogens with zero attached hydrogens (tertiary/aromatic N) is 1. The average molecular weight is 250 g/mol. The Morgan fingerprint density at radius 2 is 1.67 bits per heavy atom. The molecule has 1 heterocycles. The van der Waals surface area contributed by atoms with Gasteiger partial charge in [0.25, 0.3) is 0 Å². The molecule has 3 aliphatic rings. The Labute approximate surface area is 110 Å². The maximum absolute atomic E-state index is 12.0. The fourth-order valence-corrected chi connectivity index (χ4v) is 3.77. The normalized spacial score (nSPS) is 35.9. The molecule has 0 aromatic carbocycles. The van der Waals surface area contributed by atoms with Crippen molar-refractivity contribution in [1.82, 2.24) is 10.2 Å². The van der Waals surface area contributed by atoms with Crippen LogP contribution in [-0.2, 0) is 4.79 Å². The van der Waals surface area contributed by atoms with Crippen molar-refractivity contribution < 1.29 is 4.79 Å². The zero-order chi connectivity index (χ0) is 12.4. The third-order valence-corrected chi connectivity index (χ3v) is 5.04. The molecule has 2 unspecified atom stereocenters. The van der Waals surface area contributed by atoms with Crippen LogP contribution in [0.5, 0.6) is 0 Å². The van der Waals surface area contributed by atoms with Crippen molar-refractivity contribution in [2.75, 3.05) is 26.2 Å². The van der Waals surface area contributed by atoms with Crippen molar-refractivity contribution in [3.63, 3.8) is 0 Å². The second-order valence-electron chi connectivity index (χ2n) is 6.47. The van der Waals surface area contributed by atoms with Gasteiger partial charge in [0.1, 0.15) is 0 Å². The van der Waals surface area contributed by atoms with E-state index >= 15 is 0 Å². The fourth-order valence-electron chi connectivity index (χ4n) is 3.77. The first-order valence-electron chi connectivity index (χ1n) is 7.83. The number of likely N-dealkylation sites (tertiary alicyclic amines) is 1. The molecule has 3 heteroatoms. The van der Waals surface area contributed by atoms with Crippen molar-refractivity contribution in [3.8, 4) is 0 Å². The Balaban J connectivity index is 1.32. The summed E-state index contributed by atoms with van der Waals surface area (Å²) in [6.45, 7) is 4.35. The van der Waals surface area contributed by atoms with Gasteiger partial charge in [0.15, 0.2) is 0 Å². The van der Waals surface area contributed by atoms with Crippen LogP contribution in [-0.4, -0.2) is 37.0 Å². The lowest BCUT2D eigenvalue weighted by molar-refractivity contribution is -0.125. The molecule has 2 aliphatic carbocycles. The number of carbonyl (C=O) groups excluding carboxylic acids is 1. The highest BCUT2D eigenvalue weighted by Gasteiger charge is 2.47. The van der Waals surface area contributed by atoms with Gasteiger partial charge >= 0.3 is 0 Å². The van der Waals surface area contributed by atoms with Crippen LogP contribution in [0, 0.1) is 17.8 Å². The number of amides is 1. The lowest BCUT2D eigenvalue weighted by Gasteiger charge is -2.20. The zero-order valence-electron chi connectivity index (χ0n) is 11.4. The number of fused-ring (bicyclic) bond motifs is 1. The van der Waals surface area contributed by atoms with E-state index in [0.717, 1.165) is 24.9 Å². The van der Waals surface area contributed by atoms with Crippen LogP contribution in [0.15, 0.2) is 0 Å². The van der Waals surface area contributed by atoms with Gasteiger partial charge in [0.05, 0.1) is 0 Å². The molecule has 2 saturated carbocycles.